The summed E-state index contributed by atoms with van der Waals surface area (Å²) < 4.78 is 5.74. The summed E-state index contributed by atoms with van der Waals surface area (Å²) in [5, 5.41) is 5.84. The highest BCUT2D eigenvalue weighted by Gasteiger charge is 2.17. The smallest absolute Gasteiger partial charge is 0.0681 e. The number of thioether (sulfide) groups is 2. The van der Waals surface area contributed by atoms with Crippen LogP contribution in [0.2, 0.25) is 0 Å². The minimum Gasteiger partial charge on any atom is -0.128 e. The summed E-state index contributed by atoms with van der Waals surface area (Å²) in [5.41, 5.74) is 0. The van der Waals surface area contributed by atoms with Crippen LogP contribution in [-0.4, -0.2) is 12.5 Å². The molecule has 4 aromatic rings. The molecule has 0 saturated carbocycles. The molecule has 0 amide bonds. The van der Waals surface area contributed by atoms with E-state index in [4.69, 9.17) is 0 Å². The summed E-state index contributed by atoms with van der Waals surface area (Å²) in [4.78, 5) is 0. The van der Waals surface area contributed by atoms with E-state index in [0.717, 1.165) is 0 Å². The molecule has 0 spiro atoms. The molecule has 0 aliphatic rings. The van der Waals surface area contributed by atoms with E-state index >= 15 is 0 Å². The maximum Gasteiger partial charge on any atom is 0.0681 e. The zero-order valence-electron chi connectivity index (χ0n) is 9.94. The monoisotopic (exact) mass is 306 g/mol. The number of rotatable bonds is 2. The molecule has 2 heterocycles. The Hall–Kier alpha value is -0.420. The lowest BCUT2D eigenvalue weighted by molar-refractivity contribution is 1.83. The van der Waals surface area contributed by atoms with Crippen molar-refractivity contribution in [1.29, 1.82) is 0 Å². The lowest BCUT2D eigenvalue weighted by atomic mass is 10.1. The topological polar surface area (TPSA) is 0 Å². The van der Waals surface area contributed by atoms with Gasteiger partial charge in [-0.25, -0.2) is 0 Å². The molecule has 0 bridgehead atoms. The summed E-state index contributed by atoms with van der Waals surface area (Å²) in [5.74, 6) is 0. The third-order valence-corrected chi connectivity index (χ3v) is 7.91. The third kappa shape index (κ3) is 1.35. The minimum atomic E-state index is 1.43. The van der Waals surface area contributed by atoms with Gasteiger partial charge in [0.25, 0.3) is 0 Å². The van der Waals surface area contributed by atoms with Gasteiger partial charge in [-0.05, 0) is 24.6 Å². The molecule has 0 nitrogen and oxygen atoms in total. The highest BCUT2D eigenvalue weighted by molar-refractivity contribution is 8.01. The molecule has 2 aromatic carbocycles. The molecular weight excluding hydrogens is 296 g/mol. The fourth-order valence-corrected chi connectivity index (χ4v) is 6.40. The zero-order valence-corrected chi connectivity index (χ0v) is 13.2. The van der Waals surface area contributed by atoms with Crippen molar-refractivity contribution in [3.05, 3.63) is 24.3 Å². The fourth-order valence-electron chi connectivity index (χ4n) is 2.56. The van der Waals surface area contributed by atoms with Crippen LogP contribution in [0.25, 0.3) is 30.9 Å². The van der Waals surface area contributed by atoms with Crippen LogP contribution >= 0.6 is 46.2 Å². The summed E-state index contributed by atoms with van der Waals surface area (Å²) >= 11 is 7.57. The Kier molecular flexibility index (Phi) is 2.56. The van der Waals surface area contributed by atoms with Crippen molar-refractivity contribution in [2.45, 2.75) is 8.42 Å². The van der Waals surface area contributed by atoms with Gasteiger partial charge in [0.15, 0.2) is 0 Å². The molecule has 0 atom stereocenters. The van der Waals surface area contributed by atoms with Crippen molar-refractivity contribution in [3.8, 4) is 0 Å². The van der Waals surface area contributed by atoms with Gasteiger partial charge >= 0.3 is 0 Å². The number of thiophene rings is 2. The molecule has 0 N–H and O–H groups in total. The molecule has 90 valence electrons. The van der Waals surface area contributed by atoms with Gasteiger partial charge in [-0.3, -0.25) is 0 Å². The molecule has 0 saturated heterocycles. The Balaban J connectivity index is 2.32. The molecule has 18 heavy (non-hydrogen) atoms. The van der Waals surface area contributed by atoms with Gasteiger partial charge in [0.05, 0.1) is 8.42 Å². The third-order valence-electron chi connectivity index (χ3n) is 3.30. The first-order valence-electron chi connectivity index (χ1n) is 5.61. The second-order valence-corrected chi connectivity index (χ2v) is 8.41. The average molecular weight is 307 g/mol. The summed E-state index contributed by atoms with van der Waals surface area (Å²) in [6.45, 7) is 0. The van der Waals surface area contributed by atoms with Crippen molar-refractivity contribution in [3.63, 3.8) is 0 Å². The molecule has 0 unspecified atom stereocenters. The molecule has 0 radical (unpaired) electrons. The first-order chi connectivity index (χ1) is 8.83. The second kappa shape index (κ2) is 4.04. The van der Waals surface area contributed by atoms with E-state index in [9.17, 15) is 0 Å². The van der Waals surface area contributed by atoms with Gasteiger partial charge in [0.2, 0.25) is 0 Å². The van der Waals surface area contributed by atoms with Gasteiger partial charge in [-0.1, -0.05) is 12.1 Å². The fraction of sp³-hybridized carbons (Fsp3) is 0.143. The number of hydrogen-bond donors (Lipinski definition) is 0. The van der Waals surface area contributed by atoms with E-state index in [-0.39, 0.29) is 0 Å². The van der Waals surface area contributed by atoms with Crippen molar-refractivity contribution < 1.29 is 0 Å². The van der Waals surface area contributed by atoms with E-state index in [1.54, 1.807) is 0 Å². The van der Waals surface area contributed by atoms with E-state index in [1.165, 1.54) is 39.4 Å². The highest BCUT2D eigenvalue weighted by atomic mass is 32.2. The van der Waals surface area contributed by atoms with Crippen molar-refractivity contribution >= 4 is 77.1 Å². The largest absolute Gasteiger partial charge is 0.128 e. The lowest BCUT2D eigenvalue weighted by Gasteiger charge is -1.99. The molecule has 0 aliphatic heterocycles. The van der Waals surface area contributed by atoms with E-state index < -0.39 is 0 Å². The summed E-state index contributed by atoms with van der Waals surface area (Å²) in [6.07, 6.45) is 4.34. The number of benzene rings is 2. The zero-order chi connectivity index (χ0) is 12.3. The summed E-state index contributed by atoms with van der Waals surface area (Å²) in [6, 6.07) is 9.18. The van der Waals surface area contributed by atoms with Crippen LogP contribution < -0.4 is 0 Å². The molecular formula is C14H10S4. The quantitative estimate of drug-likeness (QED) is 0.407. The Labute approximate surface area is 122 Å². The Morgan fingerprint density at radius 2 is 1.17 bits per heavy atom. The average Bonchev–Trinajstić information content (AvgIpc) is 2.94. The highest BCUT2D eigenvalue weighted by Crippen LogP contribution is 2.48. The van der Waals surface area contributed by atoms with Crippen LogP contribution in [0, 0.1) is 0 Å². The minimum absolute atomic E-state index is 1.43. The van der Waals surface area contributed by atoms with Gasteiger partial charge in [-0.2, -0.15) is 0 Å². The van der Waals surface area contributed by atoms with Gasteiger partial charge in [0, 0.05) is 30.9 Å². The van der Waals surface area contributed by atoms with Crippen LogP contribution in [0.3, 0.4) is 0 Å². The van der Waals surface area contributed by atoms with Crippen molar-refractivity contribution in [2.24, 2.45) is 0 Å². The van der Waals surface area contributed by atoms with Gasteiger partial charge in [-0.15, -0.1) is 46.2 Å². The standard InChI is InChI=1S/C14H10S4/c1-15-13-7-3-5-10-12-8(14(16-2)18-10)4-6-9(17-13)11(7)12/h3-6H,1-2H3. The lowest BCUT2D eigenvalue weighted by Crippen LogP contribution is -1.73. The first kappa shape index (κ1) is 11.4. The first-order valence-corrected chi connectivity index (χ1v) is 9.70. The predicted molar refractivity (Wildman–Crippen MR) is 89.5 cm³/mol. The van der Waals surface area contributed by atoms with Crippen LogP contribution in [0.15, 0.2) is 32.7 Å². The van der Waals surface area contributed by atoms with Crippen LogP contribution in [0.5, 0.6) is 0 Å². The Morgan fingerprint density at radius 3 is 1.56 bits per heavy atom. The SMILES string of the molecule is CSc1sc2ccc3c(SC)sc4ccc1c2c43. The predicted octanol–water partition coefficient (Wildman–Crippen LogP) is 6.15. The van der Waals surface area contributed by atoms with Crippen LogP contribution in [-0.2, 0) is 0 Å². The molecule has 2 aromatic heterocycles. The van der Waals surface area contributed by atoms with Gasteiger partial charge in [0.1, 0.15) is 0 Å². The normalized spacial score (nSPS) is 12.3. The number of hydrogen-bond acceptors (Lipinski definition) is 4. The van der Waals surface area contributed by atoms with Crippen LogP contribution in [0.1, 0.15) is 0 Å². The summed E-state index contributed by atoms with van der Waals surface area (Å²) in [7, 11) is 0. The van der Waals surface area contributed by atoms with E-state index in [2.05, 4.69) is 36.8 Å². The van der Waals surface area contributed by atoms with Crippen molar-refractivity contribution in [1.82, 2.24) is 0 Å². The van der Waals surface area contributed by atoms with E-state index in [0.29, 0.717) is 0 Å². The molecule has 0 aliphatic carbocycles. The molecule has 0 fully saturated rings. The molecule has 4 rings (SSSR count). The van der Waals surface area contributed by atoms with Gasteiger partial charge < -0.3 is 0 Å². The Bertz CT molecular complexity index is 780. The maximum absolute atomic E-state index is 2.30. The van der Waals surface area contributed by atoms with Crippen LogP contribution in [0.4, 0.5) is 0 Å². The Morgan fingerprint density at radius 1 is 0.722 bits per heavy atom. The van der Waals surface area contributed by atoms with E-state index in [1.807, 2.05) is 46.2 Å². The molecule has 4 heteroatoms. The maximum atomic E-state index is 2.30. The van der Waals surface area contributed by atoms with Crippen molar-refractivity contribution in [2.75, 3.05) is 12.5 Å². The second-order valence-electron chi connectivity index (χ2n) is 4.16.